The highest BCUT2D eigenvalue weighted by Crippen LogP contribution is 2.25. The van der Waals surface area contributed by atoms with E-state index in [0.29, 0.717) is 12.1 Å². The Morgan fingerprint density at radius 1 is 1.25 bits per heavy atom. The van der Waals surface area contributed by atoms with Gasteiger partial charge in [-0.15, -0.1) is 0 Å². The van der Waals surface area contributed by atoms with Crippen LogP contribution in [-0.4, -0.2) is 53.6 Å². The lowest BCUT2D eigenvalue weighted by Gasteiger charge is -2.43. The van der Waals surface area contributed by atoms with Crippen molar-refractivity contribution >= 4 is 10.9 Å². The molecule has 0 aliphatic carbocycles. The minimum Gasteiger partial charge on any atom is -0.481 e. The van der Waals surface area contributed by atoms with Crippen molar-refractivity contribution in [1.82, 2.24) is 14.8 Å². The zero-order chi connectivity index (χ0) is 17.1. The molecule has 0 unspecified atom stereocenters. The minimum absolute atomic E-state index is 0.619. The lowest BCUT2D eigenvalue weighted by molar-refractivity contribution is 0.0453. The number of piperazine rings is 1. The molecule has 0 bridgehead atoms. The Hall–Kier alpha value is -1.65. The fraction of sp³-hybridized carbons (Fsp3) is 0.550. The number of pyridine rings is 1. The van der Waals surface area contributed by atoms with Crippen molar-refractivity contribution < 1.29 is 4.74 Å². The monoisotopic (exact) mass is 327 g/mol. The number of benzene rings is 1. The van der Waals surface area contributed by atoms with E-state index in [1.54, 1.807) is 7.11 Å². The van der Waals surface area contributed by atoms with Crippen LogP contribution < -0.4 is 4.74 Å². The lowest BCUT2D eigenvalue weighted by Crippen LogP contribution is -2.54. The number of methoxy groups -OCH3 is 1. The Morgan fingerprint density at radius 2 is 2.04 bits per heavy atom. The SMILES string of the molecule is CC[C@@H]1CN(Cc2cc3ccccc3nc2OC)CCN1C(C)C. The second kappa shape index (κ2) is 7.49. The molecule has 0 spiro atoms. The van der Waals surface area contributed by atoms with Gasteiger partial charge in [0.2, 0.25) is 5.88 Å². The Kier molecular flexibility index (Phi) is 5.36. The predicted molar refractivity (Wildman–Crippen MR) is 99.5 cm³/mol. The second-order valence-electron chi connectivity index (χ2n) is 6.98. The summed E-state index contributed by atoms with van der Waals surface area (Å²) in [5.41, 5.74) is 2.18. The van der Waals surface area contributed by atoms with Crippen molar-refractivity contribution in [2.45, 2.75) is 45.8 Å². The average molecular weight is 327 g/mol. The average Bonchev–Trinajstić information content (AvgIpc) is 2.60. The van der Waals surface area contributed by atoms with E-state index >= 15 is 0 Å². The van der Waals surface area contributed by atoms with Crippen LogP contribution in [0.3, 0.4) is 0 Å². The number of para-hydroxylation sites is 1. The molecule has 3 rings (SSSR count). The molecule has 1 aromatic carbocycles. The van der Waals surface area contributed by atoms with Crippen LogP contribution in [0.25, 0.3) is 10.9 Å². The zero-order valence-corrected chi connectivity index (χ0v) is 15.3. The standard InChI is InChI=1S/C20H29N3O/c1-5-18-14-22(10-11-23(18)15(2)3)13-17-12-16-8-6-7-9-19(16)21-20(17)24-4/h6-9,12,15,18H,5,10-11,13-14H2,1-4H3/t18-/m1/s1. The molecular formula is C20H29N3O. The fourth-order valence-corrected chi connectivity index (χ4v) is 3.79. The summed E-state index contributed by atoms with van der Waals surface area (Å²) in [6.07, 6.45) is 1.20. The largest absolute Gasteiger partial charge is 0.481 e. The van der Waals surface area contributed by atoms with E-state index in [9.17, 15) is 0 Å². The van der Waals surface area contributed by atoms with Gasteiger partial charge in [-0.3, -0.25) is 9.80 Å². The summed E-state index contributed by atoms with van der Waals surface area (Å²) in [7, 11) is 1.71. The molecule has 0 N–H and O–H groups in total. The Balaban J connectivity index is 1.79. The van der Waals surface area contributed by atoms with Crippen molar-refractivity contribution in [3.05, 3.63) is 35.9 Å². The first-order valence-electron chi connectivity index (χ1n) is 9.03. The Bertz CT molecular complexity index is 686. The third-order valence-electron chi connectivity index (χ3n) is 5.10. The molecule has 2 aromatic rings. The molecule has 4 nitrogen and oxygen atoms in total. The molecule has 0 amide bonds. The maximum atomic E-state index is 5.56. The summed E-state index contributed by atoms with van der Waals surface area (Å²) < 4.78 is 5.56. The van der Waals surface area contributed by atoms with Gasteiger partial charge in [-0.25, -0.2) is 4.98 Å². The third kappa shape index (κ3) is 3.55. The zero-order valence-electron chi connectivity index (χ0n) is 15.3. The van der Waals surface area contributed by atoms with Crippen LogP contribution in [0.15, 0.2) is 30.3 Å². The van der Waals surface area contributed by atoms with Gasteiger partial charge >= 0.3 is 0 Å². The van der Waals surface area contributed by atoms with Gasteiger partial charge in [0.25, 0.3) is 0 Å². The molecule has 2 heterocycles. The van der Waals surface area contributed by atoms with Crippen LogP contribution in [-0.2, 0) is 6.54 Å². The molecule has 1 fully saturated rings. The molecule has 1 saturated heterocycles. The number of nitrogens with zero attached hydrogens (tertiary/aromatic N) is 3. The maximum absolute atomic E-state index is 5.56. The predicted octanol–water partition coefficient (Wildman–Crippen LogP) is 3.55. The molecule has 0 radical (unpaired) electrons. The summed E-state index contributed by atoms with van der Waals surface area (Å²) in [6.45, 7) is 11.2. The number of hydrogen-bond donors (Lipinski definition) is 0. The van der Waals surface area contributed by atoms with Gasteiger partial charge in [0, 0.05) is 49.2 Å². The molecule has 24 heavy (non-hydrogen) atoms. The Morgan fingerprint density at radius 3 is 2.75 bits per heavy atom. The third-order valence-corrected chi connectivity index (χ3v) is 5.10. The number of fused-ring (bicyclic) bond motifs is 1. The summed E-state index contributed by atoms with van der Waals surface area (Å²) >= 11 is 0. The highest BCUT2D eigenvalue weighted by molar-refractivity contribution is 5.80. The second-order valence-corrected chi connectivity index (χ2v) is 6.98. The first-order chi connectivity index (χ1) is 11.6. The topological polar surface area (TPSA) is 28.6 Å². The summed E-state index contributed by atoms with van der Waals surface area (Å²) in [5, 5.41) is 1.18. The number of ether oxygens (including phenoxy) is 1. The Labute approximate surface area is 145 Å². The maximum Gasteiger partial charge on any atom is 0.218 e. The van der Waals surface area contributed by atoms with E-state index in [-0.39, 0.29) is 0 Å². The van der Waals surface area contributed by atoms with Crippen LogP contribution in [0.4, 0.5) is 0 Å². The van der Waals surface area contributed by atoms with E-state index < -0.39 is 0 Å². The van der Waals surface area contributed by atoms with Crippen molar-refractivity contribution in [3.63, 3.8) is 0 Å². The summed E-state index contributed by atoms with van der Waals surface area (Å²) in [4.78, 5) is 9.86. The van der Waals surface area contributed by atoms with Crippen LogP contribution in [0.1, 0.15) is 32.8 Å². The van der Waals surface area contributed by atoms with Gasteiger partial charge in [-0.2, -0.15) is 0 Å². The minimum atomic E-state index is 0.619. The summed E-state index contributed by atoms with van der Waals surface area (Å²) in [5.74, 6) is 0.757. The molecule has 1 atom stereocenters. The smallest absolute Gasteiger partial charge is 0.218 e. The van der Waals surface area contributed by atoms with E-state index in [0.717, 1.165) is 37.6 Å². The molecule has 1 aliphatic rings. The van der Waals surface area contributed by atoms with Crippen molar-refractivity contribution in [3.8, 4) is 5.88 Å². The van der Waals surface area contributed by atoms with Crippen molar-refractivity contribution in [1.29, 1.82) is 0 Å². The van der Waals surface area contributed by atoms with Gasteiger partial charge in [0.05, 0.1) is 12.6 Å². The molecule has 1 aliphatic heterocycles. The lowest BCUT2D eigenvalue weighted by atomic mass is 10.1. The molecule has 130 valence electrons. The highest BCUT2D eigenvalue weighted by Gasteiger charge is 2.27. The van der Waals surface area contributed by atoms with Crippen LogP contribution >= 0.6 is 0 Å². The molecule has 1 aromatic heterocycles. The van der Waals surface area contributed by atoms with E-state index in [2.05, 4.69) is 53.8 Å². The molecule has 0 saturated carbocycles. The molecule has 4 heteroatoms. The fourth-order valence-electron chi connectivity index (χ4n) is 3.79. The van der Waals surface area contributed by atoms with Crippen LogP contribution in [0, 0.1) is 0 Å². The van der Waals surface area contributed by atoms with Gasteiger partial charge in [0.15, 0.2) is 0 Å². The normalized spacial score (nSPS) is 20.0. The van der Waals surface area contributed by atoms with E-state index in [1.165, 1.54) is 17.4 Å². The number of aromatic nitrogens is 1. The van der Waals surface area contributed by atoms with E-state index in [4.69, 9.17) is 4.74 Å². The number of rotatable bonds is 5. The first-order valence-corrected chi connectivity index (χ1v) is 9.03. The van der Waals surface area contributed by atoms with Gasteiger partial charge in [-0.05, 0) is 32.4 Å². The van der Waals surface area contributed by atoms with Crippen LogP contribution in [0.5, 0.6) is 5.88 Å². The van der Waals surface area contributed by atoms with Gasteiger partial charge in [0.1, 0.15) is 0 Å². The first kappa shape index (κ1) is 17.2. The van der Waals surface area contributed by atoms with Crippen molar-refractivity contribution in [2.75, 3.05) is 26.7 Å². The summed E-state index contributed by atoms with van der Waals surface area (Å²) in [6, 6.07) is 11.7. The van der Waals surface area contributed by atoms with Gasteiger partial charge < -0.3 is 4.74 Å². The van der Waals surface area contributed by atoms with E-state index in [1.807, 2.05) is 12.1 Å². The highest BCUT2D eigenvalue weighted by atomic mass is 16.5. The van der Waals surface area contributed by atoms with Gasteiger partial charge in [-0.1, -0.05) is 25.1 Å². The van der Waals surface area contributed by atoms with Crippen molar-refractivity contribution in [2.24, 2.45) is 0 Å². The number of hydrogen-bond acceptors (Lipinski definition) is 4. The van der Waals surface area contributed by atoms with Crippen LogP contribution in [0.2, 0.25) is 0 Å². The quantitative estimate of drug-likeness (QED) is 0.840. The molecular weight excluding hydrogens is 298 g/mol.